The molecule has 7 nitrogen and oxygen atoms in total. The monoisotopic (exact) mass is 374 g/mol. The zero-order valence-electron chi connectivity index (χ0n) is 15.9. The summed E-state index contributed by atoms with van der Waals surface area (Å²) in [5.74, 6) is -2.44. The summed E-state index contributed by atoms with van der Waals surface area (Å²) in [7, 11) is 1.48. The third-order valence-electron chi connectivity index (χ3n) is 5.79. The molecule has 2 aliphatic carbocycles. The lowest BCUT2D eigenvalue weighted by Gasteiger charge is -2.15. The third-order valence-corrected chi connectivity index (χ3v) is 5.79. The fourth-order valence-electron chi connectivity index (χ4n) is 4.08. The van der Waals surface area contributed by atoms with E-state index in [0.29, 0.717) is 17.0 Å². The van der Waals surface area contributed by atoms with Crippen LogP contribution in [-0.2, 0) is 9.59 Å². The Bertz CT molecular complexity index is 768. The summed E-state index contributed by atoms with van der Waals surface area (Å²) in [6.07, 6.45) is 4.21. The molecule has 146 valence electrons. The van der Waals surface area contributed by atoms with Gasteiger partial charge < -0.3 is 20.5 Å². The van der Waals surface area contributed by atoms with Crippen LogP contribution in [-0.4, -0.2) is 36.0 Å². The highest BCUT2D eigenvalue weighted by molar-refractivity contribution is 6.02. The number of anilines is 1. The van der Waals surface area contributed by atoms with Gasteiger partial charge in [0, 0.05) is 11.6 Å². The molecule has 27 heavy (non-hydrogen) atoms. The van der Waals surface area contributed by atoms with E-state index < -0.39 is 23.2 Å². The molecule has 2 aliphatic rings. The van der Waals surface area contributed by atoms with E-state index in [1.807, 2.05) is 0 Å². The van der Waals surface area contributed by atoms with Crippen molar-refractivity contribution in [3.05, 3.63) is 23.8 Å². The largest absolute Gasteiger partial charge is 0.495 e. The summed E-state index contributed by atoms with van der Waals surface area (Å²) < 4.78 is 5.28. The number of benzene rings is 1. The van der Waals surface area contributed by atoms with Crippen LogP contribution >= 0.6 is 0 Å². The van der Waals surface area contributed by atoms with Crippen molar-refractivity contribution in [1.82, 2.24) is 5.32 Å². The molecule has 2 fully saturated rings. The van der Waals surface area contributed by atoms with Gasteiger partial charge in [-0.2, -0.15) is 0 Å². The molecular formula is C20H26N2O5. The smallest absolute Gasteiger partial charge is 0.307 e. The fourth-order valence-corrected chi connectivity index (χ4v) is 4.08. The molecule has 0 saturated heterocycles. The first-order valence-electron chi connectivity index (χ1n) is 9.28. The molecule has 7 heteroatoms. The van der Waals surface area contributed by atoms with Crippen molar-refractivity contribution >= 4 is 23.5 Å². The first-order valence-corrected chi connectivity index (χ1v) is 9.28. The van der Waals surface area contributed by atoms with E-state index in [9.17, 15) is 19.5 Å². The minimum atomic E-state index is -0.975. The second-order valence-corrected chi connectivity index (χ2v) is 7.97. The SMILES string of the molecule is COc1ccc(C(=O)NC2CCCC2)cc1NC(=O)C1C(C(=O)O)C1(C)C. The molecule has 0 spiro atoms. The fraction of sp³-hybridized carbons (Fsp3) is 0.550. The van der Waals surface area contributed by atoms with E-state index in [4.69, 9.17) is 4.74 Å². The highest BCUT2D eigenvalue weighted by atomic mass is 16.5. The first-order chi connectivity index (χ1) is 12.8. The Morgan fingerprint density at radius 2 is 1.81 bits per heavy atom. The van der Waals surface area contributed by atoms with Crippen LogP contribution in [0.15, 0.2) is 18.2 Å². The molecule has 2 saturated carbocycles. The van der Waals surface area contributed by atoms with Gasteiger partial charge in [0.1, 0.15) is 5.75 Å². The molecule has 0 heterocycles. The molecule has 0 radical (unpaired) electrons. The van der Waals surface area contributed by atoms with Crippen LogP contribution in [0.5, 0.6) is 5.75 Å². The molecule has 2 amide bonds. The number of rotatable bonds is 6. The van der Waals surface area contributed by atoms with Gasteiger partial charge in [-0.15, -0.1) is 0 Å². The highest BCUT2D eigenvalue weighted by Gasteiger charge is 2.65. The molecule has 1 aromatic rings. The first kappa shape index (κ1) is 19.2. The van der Waals surface area contributed by atoms with Crippen molar-refractivity contribution in [1.29, 1.82) is 0 Å². The number of carbonyl (C=O) groups excluding carboxylic acids is 2. The van der Waals surface area contributed by atoms with Crippen molar-refractivity contribution in [2.45, 2.75) is 45.6 Å². The Balaban J connectivity index is 1.75. The minimum absolute atomic E-state index is 0.185. The van der Waals surface area contributed by atoms with Crippen molar-refractivity contribution in [2.75, 3.05) is 12.4 Å². The molecule has 3 N–H and O–H groups in total. The number of methoxy groups -OCH3 is 1. The maximum atomic E-state index is 12.6. The zero-order chi connectivity index (χ0) is 19.8. The van der Waals surface area contributed by atoms with E-state index in [0.717, 1.165) is 25.7 Å². The second-order valence-electron chi connectivity index (χ2n) is 7.97. The van der Waals surface area contributed by atoms with E-state index >= 15 is 0 Å². The third kappa shape index (κ3) is 3.77. The summed E-state index contributed by atoms with van der Waals surface area (Å²) in [5, 5.41) is 15.0. The van der Waals surface area contributed by atoms with Crippen molar-refractivity contribution in [2.24, 2.45) is 17.3 Å². The van der Waals surface area contributed by atoms with Crippen molar-refractivity contribution in [3.63, 3.8) is 0 Å². The van der Waals surface area contributed by atoms with E-state index in [1.165, 1.54) is 7.11 Å². The Labute approximate surface area is 158 Å². The molecular weight excluding hydrogens is 348 g/mol. The Hall–Kier alpha value is -2.57. The number of nitrogens with one attached hydrogen (secondary N) is 2. The molecule has 0 bridgehead atoms. The number of carboxylic acids is 1. The van der Waals surface area contributed by atoms with Gasteiger partial charge in [-0.05, 0) is 36.5 Å². The summed E-state index contributed by atoms with van der Waals surface area (Å²) >= 11 is 0. The molecule has 2 unspecified atom stereocenters. The van der Waals surface area contributed by atoms with Crippen LogP contribution in [0.2, 0.25) is 0 Å². The lowest BCUT2D eigenvalue weighted by Crippen LogP contribution is -2.32. The topological polar surface area (TPSA) is 105 Å². The van der Waals surface area contributed by atoms with Crippen LogP contribution < -0.4 is 15.4 Å². The number of hydrogen-bond donors (Lipinski definition) is 3. The number of ether oxygens (including phenoxy) is 1. The van der Waals surface area contributed by atoms with Gasteiger partial charge in [-0.3, -0.25) is 14.4 Å². The van der Waals surface area contributed by atoms with Gasteiger partial charge in [0.2, 0.25) is 5.91 Å². The number of amides is 2. The standard InChI is InChI=1S/C20H26N2O5/c1-20(2)15(16(20)19(25)26)18(24)22-13-10-11(8-9-14(13)27-3)17(23)21-12-6-4-5-7-12/h8-10,12,15-16H,4-7H2,1-3H3,(H,21,23)(H,22,24)(H,25,26). The summed E-state index contributed by atoms with van der Waals surface area (Å²) in [6, 6.07) is 5.05. The van der Waals surface area contributed by atoms with Crippen molar-refractivity contribution < 1.29 is 24.2 Å². The van der Waals surface area contributed by atoms with Gasteiger partial charge >= 0.3 is 5.97 Å². The lowest BCUT2D eigenvalue weighted by molar-refractivity contribution is -0.140. The second kappa shape index (κ2) is 7.21. The van der Waals surface area contributed by atoms with Crippen LogP contribution in [0.25, 0.3) is 0 Å². The van der Waals surface area contributed by atoms with E-state index in [2.05, 4.69) is 10.6 Å². The average molecular weight is 374 g/mol. The zero-order valence-corrected chi connectivity index (χ0v) is 15.9. The molecule has 0 aromatic heterocycles. The quantitative estimate of drug-likeness (QED) is 0.710. The van der Waals surface area contributed by atoms with Crippen LogP contribution in [0.3, 0.4) is 0 Å². The summed E-state index contributed by atoms with van der Waals surface area (Å²) in [5.41, 5.74) is 0.205. The van der Waals surface area contributed by atoms with Gasteiger partial charge in [-0.1, -0.05) is 26.7 Å². The predicted octanol–water partition coefficient (Wildman–Crippen LogP) is 2.66. The van der Waals surface area contributed by atoms with Crippen LogP contribution in [0.4, 0.5) is 5.69 Å². The number of carboxylic acid groups (broad SMARTS) is 1. The highest BCUT2D eigenvalue weighted by Crippen LogP contribution is 2.58. The average Bonchev–Trinajstić information content (AvgIpc) is 2.93. The molecule has 1 aromatic carbocycles. The van der Waals surface area contributed by atoms with Gasteiger partial charge in [0.25, 0.3) is 5.91 Å². The molecule has 2 atom stereocenters. The Morgan fingerprint density at radius 3 is 2.37 bits per heavy atom. The number of carbonyl (C=O) groups is 3. The Kier molecular flexibility index (Phi) is 5.13. The lowest BCUT2D eigenvalue weighted by atomic mass is 10.1. The van der Waals surface area contributed by atoms with Crippen LogP contribution in [0, 0.1) is 17.3 Å². The number of hydrogen-bond acceptors (Lipinski definition) is 4. The molecule has 3 rings (SSSR count). The maximum absolute atomic E-state index is 12.6. The van der Waals surface area contributed by atoms with E-state index in [-0.39, 0.29) is 17.9 Å². The number of aliphatic carboxylic acids is 1. The predicted molar refractivity (Wildman–Crippen MR) is 99.7 cm³/mol. The van der Waals surface area contributed by atoms with E-state index in [1.54, 1.807) is 32.0 Å². The van der Waals surface area contributed by atoms with Gasteiger partial charge in [0.05, 0.1) is 24.6 Å². The Morgan fingerprint density at radius 1 is 1.15 bits per heavy atom. The maximum Gasteiger partial charge on any atom is 0.307 e. The van der Waals surface area contributed by atoms with Crippen molar-refractivity contribution in [3.8, 4) is 5.75 Å². The minimum Gasteiger partial charge on any atom is -0.495 e. The molecule has 0 aliphatic heterocycles. The normalized spacial score (nSPS) is 23.5. The van der Waals surface area contributed by atoms with Crippen LogP contribution in [0.1, 0.15) is 49.9 Å². The van der Waals surface area contributed by atoms with Gasteiger partial charge in [0.15, 0.2) is 0 Å². The summed E-state index contributed by atoms with van der Waals surface area (Å²) in [6.45, 7) is 3.53. The summed E-state index contributed by atoms with van der Waals surface area (Å²) in [4.78, 5) is 36.4. The van der Waals surface area contributed by atoms with Gasteiger partial charge in [-0.25, -0.2) is 0 Å².